The molecule has 3 rings (SSSR count). The van der Waals surface area contributed by atoms with Gasteiger partial charge in [0.05, 0.1) is 6.54 Å². The number of nitrogens with one attached hydrogen (secondary N) is 1. The Hall–Kier alpha value is -3.12. The molecule has 1 aromatic heterocycles. The van der Waals surface area contributed by atoms with Crippen molar-refractivity contribution < 1.29 is 14.3 Å². The lowest BCUT2D eigenvalue weighted by Crippen LogP contribution is -2.48. The third-order valence-electron chi connectivity index (χ3n) is 4.83. The van der Waals surface area contributed by atoms with E-state index in [0.717, 1.165) is 11.3 Å². The highest BCUT2D eigenvalue weighted by Crippen LogP contribution is 2.18. The molecule has 0 fully saturated rings. The number of thiophene rings is 1. The van der Waals surface area contributed by atoms with Crippen molar-refractivity contribution in [3.05, 3.63) is 88.1 Å². The molecule has 1 atom stereocenters. The number of amides is 2. The standard InChI is InChI=1S/C25H28N2O3S/c1-19-13-14-23(31-19)17-27(16-15-21-9-5-3-6-10-21)25(29)20(2)26-24(28)18-30-22-11-7-4-8-12-22/h3-14,20H,15-18H2,1-2H3,(H,26,28). The van der Waals surface area contributed by atoms with E-state index in [1.165, 1.54) is 10.4 Å². The maximum atomic E-state index is 13.2. The summed E-state index contributed by atoms with van der Waals surface area (Å²) in [5.74, 6) is 0.198. The molecule has 1 unspecified atom stereocenters. The lowest BCUT2D eigenvalue weighted by molar-refractivity contribution is -0.136. The van der Waals surface area contributed by atoms with Crippen LogP contribution >= 0.6 is 11.3 Å². The van der Waals surface area contributed by atoms with E-state index in [0.29, 0.717) is 18.8 Å². The summed E-state index contributed by atoms with van der Waals surface area (Å²) in [6.45, 7) is 4.76. The zero-order chi connectivity index (χ0) is 22.1. The van der Waals surface area contributed by atoms with Crippen molar-refractivity contribution in [2.45, 2.75) is 32.9 Å². The van der Waals surface area contributed by atoms with Gasteiger partial charge < -0.3 is 15.0 Å². The van der Waals surface area contributed by atoms with Gasteiger partial charge >= 0.3 is 0 Å². The molecule has 0 aliphatic heterocycles. The molecule has 0 aliphatic rings. The van der Waals surface area contributed by atoms with E-state index in [1.807, 2.05) is 41.3 Å². The normalized spacial score (nSPS) is 11.5. The van der Waals surface area contributed by atoms with Crippen LogP contribution in [0.2, 0.25) is 0 Å². The van der Waals surface area contributed by atoms with Crippen molar-refractivity contribution in [2.24, 2.45) is 0 Å². The van der Waals surface area contributed by atoms with Gasteiger partial charge in [0.25, 0.3) is 5.91 Å². The molecule has 0 bridgehead atoms. The number of benzene rings is 2. The summed E-state index contributed by atoms with van der Waals surface area (Å²) in [6, 6.07) is 22.7. The summed E-state index contributed by atoms with van der Waals surface area (Å²) in [7, 11) is 0. The van der Waals surface area contributed by atoms with Crippen LogP contribution < -0.4 is 10.1 Å². The van der Waals surface area contributed by atoms with E-state index in [-0.39, 0.29) is 18.4 Å². The van der Waals surface area contributed by atoms with Crippen LogP contribution in [0.25, 0.3) is 0 Å². The molecule has 3 aromatic rings. The molecular weight excluding hydrogens is 408 g/mol. The Morgan fingerprint density at radius 2 is 1.68 bits per heavy atom. The number of para-hydroxylation sites is 1. The maximum absolute atomic E-state index is 13.2. The topological polar surface area (TPSA) is 58.6 Å². The molecule has 0 saturated carbocycles. The number of carbonyl (C=O) groups excluding carboxylic acids is 2. The summed E-state index contributed by atoms with van der Waals surface area (Å²) in [6.07, 6.45) is 0.759. The van der Waals surface area contributed by atoms with Crippen LogP contribution in [-0.2, 0) is 22.6 Å². The number of ether oxygens (including phenoxy) is 1. The van der Waals surface area contributed by atoms with E-state index in [4.69, 9.17) is 4.74 Å². The van der Waals surface area contributed by atoms with Gasteiger partial charge in [0.1, 0.15) is 11.8 Å². The number of hydrogen-bond acceptors (Lipinski definition) is 4. The van der Waals surface area contributed by atoms with Crippen molar-refractivity contribution >= 4 is 23.2 Å². The second kappa shape index (κ2) is 11.3. The monoisotopic (exact) mass is 436 g/mol. The quantitative estimate of drug-likeness (QED) is 0.518. The van der Waals surface area contributed by atoms with Gasteiger partial charge in [-0.3, -0.25) is 9.59 Å². The van der Waals surface area contributed by atoms with Crippen LogP contribution in [-0.4, -0.2) is 35.9 Å². The average Bonchev–Trinajstić information content (AvgIpc) is 3.20. The van der Waals surface area contributed by atoms with Crippen LogP contribution in [0.3, 0.4) is 0 Å². The van der Waals surface area contributed by atoms with Crippen molar-refractivity contribution in [1.29, 1.82) is 0 Å². The zero-order valence-corrected chi connectivity index (χ0v) is 18.7. The molecule has 0 spiro atoms. The van der Waals surface area contributed by atoms with E-state index < -0.39 is 6.04 Å². The minimum absolute atomic E-state index is 0.102. The minimum atomic E-state index is -0.635. The molecule has 2 aromatic carbocycles. The average molecular weight is 437 g/mol. The van der Waals surface area contributed by atoms with Gasteiger partial charge in [-0.1, -0.05) is 48.5 Å². The molecule has 1 N–H and O–H groups in total. The van der Waals surface area contributed by atoms with Crippen LogP contribution in [0.4, 0.5) is 0 Å². The first kappa shape index (κ1) is 22.6. The summed E-state index contributed by atoms with van der Waals surface area (Å²) < 4.78 is 5.48. The van der Waals surface area contributed by atoms with Crippen molar-refractivity contribution in [2.75, 3.05) is 13.2 Å². The Labute approximate surface area is 187 Å². The summed E-state index contributed by atoms with van der Waals surface area (Å²) in [4.78, 5) is 29.6. The minimum Gasteiger partial charge on any atom is -0.484 e. The van der Waals surface area contributed by atoms with Gasteiger partial charge in [-0.2, -0.15) is 0 Å². The van der Waals surface area contributed by atoms with Gasteiger partial charge in [0, 0.05) is 16.3 Å². The lowest BCUT2D eigenvalue weighted by atomic mass is 10.1. The lowest BCUT2D eigenvalue weighted by Gasteiger charge is -2.26. The molecular formula is C25H28N2O3S. The van der Waals surface area contributed by atoms with Crippen LogP contribution in [0.1, 0.15) is 22.2 Å². The third kappa shape index (κ3) is 7.26. The predicted octanol–water partition coefficient (Wildman–Crippen LogP) is 4.21. The Morgan fingerprint density at radius 1 is 1.00 bits per heavy atom. The van der Waals surface area contributed by atoms with Crippen LogP contribution in [0.5, 0.6) is 5.75 Å². The van der Waals surface area contributed by atoms with Gasteiger partial charge in [0.2, 0.25) is 5.91 Å². The molecule has 0 aliphatic carbocycles. The molecule has 6 heteroatoms. The van der Waals surface area contributed by atoms with E-state index >= 15 is 0 Å². The van der Waals surface area contributed by atoms with E-state index in [1.54, 1.807) is 30.4 Å². The highest BCUT2D eigenvalue weighted by molar-refractivity contribution is 7.11. The van der Waals surface area contributed by atoms with Crippen LogP contribution in [0, 0.1) is 6.92 Å². The maximum Gasteiger partial charge on any atom is 0.258 e. The largest absolute Gasteiger partial charge is 0.484 e. The van der Waals surface area contributed by atoms with Gasteiger partial charge in [0.15, 0.2) is 6.61 Å². The molecule has 31 heavy (non-hydrogen) atoms. The first-order chi connectivity index (χ1) is 15.0. The number of nitrogens with zero attached hydrogens (tertiary/aromatic N) is 1. The molecule has 2 amide bonds. The van der Waals surface area contributed by atoms with Crippen molar-refractivity contribution in [3.8, 4) is 5.75 Å². The van der Waals surface area contributed by atoms with Crippen molar-refractivity contribution in [3.63, 3.8) is 0 Å². The first-order valence-electron chi connectivity index (χ1n) is 10.4. The summed E-state index contributed by atoms with van der Waals surface area (Å²) >= 11 is 1.69. The summed E-state index contributed by atoms with van der Waals surface area (Å²) in [5.41, 5.74) is 1.18. The first-order valence-corrected chi connectivity index (χ1v) is 11.2. The van der Waals surface area contributed by atoms with Gasteiger partial charge in [-0.15, -0.1) is 11.3 Å². The fourth-order valence-electron chi connectivity index (χ4n) is 3.22. The van der Waals surface area contributed by atoms with E-state index in [9.17, 15) is 9.59 Å². The van der Waals surface area contributed by atoms with Gasteiger partial charge in [-0.25, -0.2) is 0 Å². The molecule has 1 heterocycles. The molecule has 0 radical (unpaired) electrons. The number of rotatable bonds is 10. The van der Waals surface area contributed by atoms with Crippen LogP contribution in [0.15, 0.2) is 72.8 Å². The Balaban J connectivity index is 1.59. The number of aryl methyl sites for hydroxylation is 1. The highest BCUT2D eigenvalue weighted by Gasteiger charge is 2.23. The molecule has 5 nitrogen and oxygen atoms in total. The zero-order valence-electron chi connectivity index (χ0n) is 17.9. The predicted molar refractivity (Wildman–Crippen MR) is 124 cm³/mol. The molecule has 162 valence electrons. The second-order valence-corrected chi connectivity index (χ2v) is 8.77. The Morgan fingerprint density at radius 3 is 2.32 bits per heavy atom. The Bertz CT molecular complexity index is 973. The smallest absolute Gasteiger partial charge is 0.258 e. The number of carbonyl (C=O) groups is 2. The SMILES string of the molecule is Cc1ccc(CN(CCc2ccccc2)C(=O)C(C)NC(=O)COc2ccccc2)s1. The Kier molecular flexibility index (Phi) is 8.24. The second-order valence-electron chi connectivity index (χ2n) is 7.40. The number of hydrogen-bond donors (Lipinski definition) is 1. The molecule has 0 saturated heterocycles. The highest BCUT2D eigenvalue weighted by atomic mass is 32.1. The fourth-order valence-corrected chi connectivity index (χ4v) is 4.12. The summed E-state index contributed by atoms with van der Waals surface area (Å²) in [5, 5.41) is 2.77. The third-order valence-corrected chi connectivity index (χ3v) is 5.81. The van der Waals surface area contributed by atoms with Gasteiger partial charge in [-0.05, 0) is 50.1 Å². The van der Waals surface area contributed by atoms with Crippen molar-refractivity contribution in [1.82, 2.24) is 10.2 Å². The van der Waals surface area contributed by atoms with E-state index in [2.05, 4.69) is 36.5 Å². The fraction of sp³-hybridized carbons (Fsp3) is 0.280.